The molecule has 154 valence electrons. The number of ether oxygens (including phenoxy) is 1. The van der Waals surface area contributed by atoms with Crippen LogP contribution in [0.15, 0.2) is 47.4 Å². The summed E-state index contributed by atoms with van der Waals surface area (Å²) in [5, 5.41) is 0.739. The number of fused-ring (bicyclic) bond motifs is 3. The Morgan fingerprint density at radius 2 is 1.83 bits per heavy atom. The minimum Gasteiger partial charge on any atom is -0.379 e. The monoisotopic (exact) mass is 433 g/mol. The molecule has 2 aromatic rings. The quantitative estimate of drug-likeness (QED) is 0.740. The largest absolute Gasteiger partial charge is 0.379 e. The molecule has 3 heterocycles. The van der Waals surface area contributed by atoms with E-state index in [1.54, 1.807) is 6.07 Å². The average Bonchev–Trinajstić information content (AvgIpc) is 3.32. The number of morpholine rings is 1. The Morgan fingerprint density at radius 1 is 1.03 bits per heavy atom. The van der Waals surface area contributed by atoms with Gasteiger partial charge in [0.1, 0.15) is 6.17 Å². The molecular weight excluding hydrogens is 410 g/mol. The summed E-state index contributed by atoms with van der Waals surface area (Å²) < 4.78 is 33.2. The van der Waals surface area contributed by atoms with Crippen LogP contribution in [0.5, 0.6) is 0 Å². The molecular formula is C21H24ClN3O3S. The van der Waals surface area contributed by atoms with Gasteiger partial charge >= 0.3 is 0 Å². The number of sulfonamides is 1. The molecule has 2 saturated heterocycles. The highest BCUT2D eigenvalue weighted by Gasteiger charge is 2.40. The summed E-state index contributed by atoms with van der Waals surface area (Å²) in [6.45, 7) is 3.34. The Labute approximate surface area is 176 Å². The van der Waals surface area contributed by atoms with E-state index < -0.39 is 10.0 Å². The summed E-state index contributed by atoms with van der Waals surface area (Å²) in [6.07, 6.45) is 2.45. The molecule has 8 heteroatoms. The van der Waals surface area contributed by atoms with Gasteiger partial charge in [-0.15, -0.1) is 0 Å². The van der Waals surface area contributed by atoms with Crippen molar-refractivity contribution >= 4 is 33.0 Å². The summed E-state index contributed by atoms with van der Waals surface area (Å²) in [6, 6.07) is 13.4. The molecule has 0 amide bonds. The number of rotatable bonds is 4. The van der Waals surface area contributed by atoms with E-state index in [-0.39, 0.29) is 6.17 Å². The third kappa shape index (κ3) is 3.30. The molecule has 5 rings (SSSR count). The number of anilines is 2. The molecule has 0 bridgehead atoms. The summed E-state index contributed by atoms with van der Waals surface area (Å²) in [5.41, 5.74) is 3.14. The molecule has 0 saturated carbocycles. The Hall–Kier alpha value is -1.80. The maximum absolute atomic E-state index is 13.2. The molecule has 0 radical (unpaired) electrons. The van der Waals surface area contributed by atoms with Crippen molar-refractivity contribution in [1.82, 2.24) is 4.31 Å². The van der Waals surface area contributed by atoms with Crippen LogP contribution in [0.25, 0.3) is 0 Å². The minimum absolute atomic E-state index is 0.252. The molecule has 0 N–H and O–H groups in total. The van der Waals surface area contributed by atoms with Crippen molar-refractivity contribution in [3.63, 3.8) is 0 Å². The van der Waals surface area contributed by atoms with Crippen LogP contribution in [0.3, 0.4) is 0 Å². The molecule has 0 aliphatic carbocycles. The zero-order valence-corrected chi connectivity index (χ0v) is 17.7. The SMILES string of the molecule is O=S(=O)(c1ccc2c(c1)N(Cc1ccccc1Cl)C1CCCN21)N1CCOCC1. The van der Waals surface area contributed by atoms with Crippen molar-refractivity contribution in [2.45, 2.75) is 30.4 Å². The first kappa shape index (κ1) is 19.2. The van der Waals surface area contributed by atoms with Crippen LogP contribution in [0.2, 0.25) is 5.02 Å². The van der Waals surface area contributed by atoms with Crippen LogP contribution in [0, 0.1) is 0 Å². The van der Waals surface area contributed by atoms with Gasteiger partial charge in [-0.3, -0.25) is 0 Å². The highest BCUT2D eigenvalue weighted by atomic mass is 35.5. The first-order chi connectivity index (χ1) is 14.1. The van der Waals surface area contributed by atoms with E-state index in [9.17, 15) is 8.42 Å². The van der Waals surface area contributed by atoms with E-state index in [1.807, 2.05) is 36.4 Å². The lowest BCUT2D eigenvalue weighted by atomic mass is 10.1. The zero-order chi connectivity index (χ0) is 20.0. The topological polar surface area (TPSA) is 53.1 Å². The van der Waals surface area contributed by atoms with E-state index in [1.165, 1.54) is 4.31 Å². The van der Waals surface area contributed by atoms with E-state index in [0.717, 1.165) is 41.3 Å². The molecule has 0 aromatic heterocycles. The Balaban J connectivity index is 1.53. The third-order valence-corrected chi connectivity index (χ3v) is 8.32. The van der Waals surface area contributed by atoms with Crippen molar-refractivity contribution in [2.75, 3.05) is 42.6 Å². The third-order valence-electron chi connectivity index (χ3n) is 6.05. The smallest absolute Gasteiger partial charge is 0.243 e. The summed E-state index contributed by atoms with van der Waals surface area (Å²) >= 11 is 6.42. The molecule has 0 spiro atoms. The van der Waals surface area contributed by atoms with Gasteiger partial charge in [0, 0.05) is 31.2 Å². The maximum atomic E-state index is 13.2. The van der Waals surface area contributed by atoms with Crippen LogP contribution >= 0.6 is 11.6 Å². The van der Waals surface area contributed by atoms with Gasteiger partial charge in [0.25, 0.3) is 0 Å². The molecule has 3 aliphatic heterocycles. The second kappa shape index (κ2) is 7.47. The molecule has 2 fully saturated rings. The predicted molar refractivity (Wildman–Crippen MR) is 114 cm³/mol. The van der Waals surface area contributed by atoms with Crippen LogP contribution < -0.4 is 9.80 Å². The molecule has 6 nitrogen and oxygen atoms in total. The van der Waals surface area contributed by atoms with Gasteiger partial charge in [-0.2, -0.15) is 4.31 Å². The second-order valence-electron chi connectivity index (χ2n) is 7.70. The van der Waals surface area contributed by atoms with E-state index in [2.05, 4.69) is 9.80 Å². The van der Waals surface area contributed by atoms with Gasteiger partial charge in [0.05, 0.1) is 29.5 Å². The fraction of sp³-hybridized carbons (Fsp3) is 0.429. The number of halogens is 1. The normalized spacial score (nSPS) is 22.0. The van der Waals surface area contributed by atoms with Crippen molar-refractivity contribution in [2.24, 2.45) is 0 Å². The molecule has 1 unspecified atom stereocenters. The lowest BCUT2D eigenvalue weighted by molar-refractivity contribution is 0.0730. The number of benzene rings is 2. The fourth-order valence-corrected chi connectivity index (χ4v) is 6.21. The Kier molecular flexibility index (Phi) is 4.94. The highest BCUT2D eigenvalue weighted by Crippen LogP contribution is 2.46. The number of hydrogen-bond acceptors (Lipinski definition) is 5. The Bertz CT molecular complexity index is 1020. The average molecular weight is 434 g/mol. The second-order valence-corrected chi connectivity index (χ2v) is 10.0. The van der Waals surface area contributed by atoms with Crippen LogP contribution in [-0.4, -0.2) is 51.7 Å². The van der Waals surface area contributed by atoms with Crippen LogP contribution in [0.4, 0.5) is 11.4 Å². The highest BCUT2D eigenvalue weighted by molar-refractivity contribution is 7.89. The maximum Gasteiger partial charge on any atom is 0.243 e. The van der Waals surface area contributed by atoms with Gasteiger partial charge in [-0.1, -0.05) is 29.8 Å². The molecule has 3 aliphatic rings. The molecule has 2 aromatic carbocycles. The zero-order valence-electron chi connectivity index (χ0n) is 16.1. The van der Waals surface area contributed by atoms with Gasteiger partial charge in [0.2, 0.25) is 10.0 Å². The van der Waals surface area contributed by atoms with Gasteiger partial charge < -0.3 is 14.5 Å². The van der Waals surface area contributed by atoms with E-state index >= 15 is 0 Å². The van der Waals surface area contributed by atoms with Gasteiger partial charge in [-0.05, 0) is 42.7 Å². The standard InChI is InChI=1S/C21H24ClN3O3S/c22-18-5-2-1-4-16(18)15-25-20-14-17(29(26,27)23-10-12-28-13-11-23)7-8-19(20)24-9-3-6-21(24)25/h1-2,4-5,7-8,14,21H,3,6,9-13,15H2. The minimum atomic E-state index is -3.53. The van der Waals surface area contributed by atoms with Crippen LogP contribution in [-0.2, 0) is 21.3 Å². The predicted octanol–water partition coefficient (Wildman–Crippen LogP) is 3.31. The van der Waals surface area contributed by atoms with Crippen molar-refractivity contribution < 1.29 is 13.2 Å². The van der Waals surface area contributed by atoms with Gasteiger partial charge in [0.15, 0.2) is 0 Å². The van der Waals surface area contributed by atoms with Crippen LogP contribution in [0.1, 0.15) is 18.4 Å². The fourth-order valence-electron chi connectivity index (χ4n) is 4.59. The van der Waals surface area contributed by atoms with E-state index in [0.29, 0.717) is 37.7 Å². The first-order valence-electron chi connectivity index (χ1n) is 10.0. The summed E-state index contributed by atoms with van der Waals surface area (Å²) in [7, 11) is -3.53. The number of hydrogen-bond donors (Lipinski definition) is 0. The number of nitrogens with zero attached hydrogens (tertiary/aromatic N) is 3. The summed E-state index contributed by atoms with van der Waals surface area (Å²) in [5.74, 6) is 0. The van der Waals surface area contributed by atoms with Crippen molar-refractivity contribution in [1.29, 1.82) is 0 Å². The molecule has 29 heavy (non-hydrogen) atoms. The van der Waals surface area contributed by atoms with Crippen molar-refractivity contribution in [3.05, 3.63) is 53.1 Å². The molecule has 1 atom stereocenters. The first-order valence-corrected chi connectivity index (χ1v) is 11.9. The van der Waals surface area contributed by atoms with E-state index in [4.69, 9.17) is 16.3 Å². The Morgan fingerprint density at radius 3 is 2.62 bits per heavy atom. The lowest BCUT2D eigenvalue weighted by Gasteiger charge is -2.28. The van der Waals surface area contributed by atoms with Gasteiger partial charge in [-0.25, -0.2) is 8.42 Å². The van der Waals surface area contributed by atoms with Crippen molar-refractivity contribution in [3.8, 4) is 0 Å². The summed E-state index contributed by atoms with van der Waals surface area (Å²) in [4.78, 5) is 5.04. The lowest BCUT2D eigenvalue weighted by Crippen LogP contribution is -2.40.